The Labute approximate surface area is 120 Å². The number of amides is 1. The molecule has 1 aromatic rings. The molecule has 1 amide bonds. The van der Waals surface area contributed by atoms with Crippen molar-refractivity contribution in [2.24, 2.45) is 0 Å². The van der Waals surface area contributed by atoms with E-state index in [-0.39, 0.29) is 18.6 Å². The van der Waals surface area contributed by atoms with Gasteiger partial charge in [0, 0.05) is 10.5 Å². The lowest BCUT2D eigenvalue weighted by molar-refractivity contribution is -0.124. The highest BCUT2D eigenvalue weighted by Crippen LogP contribution is 2.17. The van der Waals surface area contributed by atoms with Gasteiger partial charge in [0.15, 0.2) is 6.61 Å². The SMILES string of the molecule is O=C(COC(=O)c1cccc(Br)c1)NC1CCCC1. The zero-order valence-corrected chi connectivity index (χ0v) is 12.1. The minimum Gasteiger partial charge on any atom is -0.452 e. The average molecular weight is 326 g/mol. The largest absolute Gasteiger partial charge is 0.452 e. The van der Waals surface area contributed by atoms with Gasteiger partial charge in [-0.05, 0) is 31.0 Å². The van der Waals surface area contributed by atoms with Crippen molar-refractivity contribution in [2.75, 3.05) is 6.61 Å². The van der Waals surface area contributed by atoms with Crippen LogP contribution in [0.2, 0.25) is 0 Å². The van der Waals surface area contributed by atoms with E-state index in [0.29, 0.717) is 5.56 Å². The average Bonchev–Trinajstić information content (AvgIpc) is 2.88. The third-order valence-electron chi connectivity index (χ3n) is 3.11. The maximum Gasteiger partial charge on any atom is 0.338 e. The van der Waals surface area contributed by atoms with Gasteiger partial charge < -0.3 is 10.1 Å². The molecule has 0 atom stereocenters. The van der Waals surface area contributed by atoms with Crippen LogP contribution < -0.4 is 5.32 Å². The molecule has 0 aliphatic heterocycles. The summed E-state index contributed by atoms with van der Waals surface area (Å²) in [5, 5.41) is 2.87. The first-order valence-corrected chi connectivity index (χ1v) is 7.16. The van der Waals surface area contributed by atoms with Gasteiger partial charge in [0.1, 0.15) is 0 Å². The number of esters is 1. The molecule has 0 unspecified atom stereocenters. The van der Waals surface area contributed by atoms with Crippen molar-refractivity contribution >= 4 is 27.8 Å². The molecule has 0 saturated heterocycles. The summed E-state index contributed by atoms with van der Waals surface area (Å²) in [4.78, 5) is 23.3. The maximum absolute atomic E-state index is 11.7. The molecular weight excluding hydrogens is 310 g/mol. The molecule has 19 heavy (non-hydrogen) atoms. The normalized spacial score (nSPS) is 15.2. The van der Waals surface area contributed by atoms with Crippen LogP contribution in [-0.2, 0) is 9.53 Å². The summed E-state index contributed by atoms with van der Waals surface area (Å²) >= 11 is 3.28. The molecular formula is C14H16BrNO3. The summed E-state index contributed by atoms with van der Waals surface area (Å²) in [6, 6.07) is 7.14. The Kier molecular flexibility index (Phi) is 4.96. The molecule has 1 fully saturated rings. The molecule has 2 rings (SSSR count). The lowest BCUT2D eigenvalue weighted by Crippen LogP contribution is -2.35. The molecule has 1 saturated carbocycles. The number of halogens is 1. The van der Waals surface area contributed by atoms with E-state index in [1.54, 1.807) is 18.2 Å². The Morgan fingerprint density at radius 1 is 1.32 bits per heavy atom. The van der Waals surface area contributed by atoms with E-state index in [2.05, 4.69) is 21.2 Å². The molecule has 0 bridgehead atoms. The van der Waals surface area contributed by atoms with Gasteiger partial charge in [-0.1, -0.05) is 34.8 Å². The predicted molar refractivity (Wildman–Crippen MR) is 74.8 cm³/mol. The number of carbonyl (C=O) groups excluding carboxylic acids is 2. The van der Waals surface area contributed by atoms with Crippen LogP contribution in [0.15, 0.2) is 28.7 Å². The fourth-order valence-corrected chi connectivity index (χ4v) is 2.57. The molecule has 0 aromatic heterocycles. The van der Waals surface area contributed by atoms with Crippen molar-refractivity contribution in [1.29, 1.82) is 0 Å². The minimum absolute atomic E-state index is 0.220. The number of rotatable bonds is 4. The summed E-state index contributed by atoms with van der Waals surface area (Å²) in [5.74, 6) is -0.710. The predicted octanol–water partition coefficient (Wildman–Crippen LogP) is 2.66. The van der Waals surface area contributed by atoms with E-state index in [1.165, 1.54) is 0 Å². The lowest BCUT2D eigenvalue weighted by Gasteiger charge is -2.11. The molecule has 0 radical (unpaired) electrons. The van der Waals surface area contributed by atoms with E-state index in [4.69, 9.17) is 4.74 Å². The topological polar surface area (TPSA) is 55.4 Å². The number of nitrogens with one attached hydrogen (secondary N) is 1. The molecule has 5 heteroatoms. The summed E-state index contributed by atoms with van der Waals surface area (Å²) in [6.45, 7) is -0.220. The highest BCUT2D eigenvalue weighted by Gasteiger charge is 2.18. The Bertz CT molecular complexity index is 470. The second-order valence-corrected chi connectivity index (χ2v) is 5.55. The fourth-order valence-electron chi connectivity index (χ4n) is 2.17. The Morgan fingerprint density at radius 2 is 2.05 bits per heavy atom. The van der Waals surface area contributed by atoms with Gasteiger partial charge in [-0.2, -0.15) is 0 Å². The quantitative estimate of drug-likeness (QED) is 0.866. The summed E-state index contributed by atoms with van der Waals surface area (Å²) in [7, 11) is 0. The minimum atomic E-state index is -0.483. The van der Waals surface area contributed by atoms with E-state index >= 15 is 0 Å². The van der Waals surface area contributed by atoms with E-state index in [0.717, 1.165) is 30.2 Å². The van der Waals surface area contributed by atoms with Gasteiger partial charge in [0.2, 0.25) is 0 Å². The molecule has 4 nitrogen and oxygen atoms in total. The molecule has 1 aromatic carbocycles. The van der Waals surface area contributed by atoms with Gasteiger partial charge in [-0.3, -0.25) is 4.79 Å². The van der Waals surface area contributed by atoms with E-state index in [1.807, 2.05) is 6.07 Å². The van der Waals surface area contributed by atoms with Gasteiger partial charge in [0.05, 0.1) is 5.56 Å². The van der Waals surface area contributed by atoms with Gasteiger partial charge in [-0.25, -0.2) is 4.79 Å². The number of carbonyl (C=O) groups is 2. The van der Waals surface area contributed by atoms with Crippen LogP contribution >= 0.6 is 15.9 Å². The fraction of sp³-hybridized carbons (Fsp3) is 0.429. The monoisotopic (exact) mass is 325 g/mol. The maximum atomic E-state index is 11.7. The molecule has 0 heterocycles. The van der Waals surface area contributed by atoms with Crippen LogP contribution in [-0.4, -0.2) is 24.5 Å². The van der Waals surface area contributed by atoms with Crippen LogP contribution in [0.5, 0.6) is 0 Å². The summed E-state index contributed by atoms with van der Waals surface area (Å²) < 4.78 is 5.79. The zero-order chi connectivity index (χ0) is 13.7. The van der Waals surface area contributed by atoms with Crippen molar-refractivity contribution in [2.45, 2.75) is 31.7 Å². The first-order chi connectivity index (χ1) is 9.15. The molecule has 1 N–H and O–H groups in total. The number of hydrogen-bond donors (Lipinski definition) is 1. The van der Waals surface area contributed by atoms with Gasteiger partial charge >= 0.3 is 5.97 Å². The van der Waals surface area contributed by atoms with Crippen molar-refractivity contribution in [1.82, 2.24) is 5.32 Å². The van der Waals surface area contributed by atoms with Gasteiger partial charge in [0.25, 0.3) is 5.91 Å². The number of hydrogen-bond acceptors (Lipinski definition) is 3. The van der Waals surface area contributed by atoms with Gasteiger partial charge in [-0.15, -0.1) is 0 Å². The number of ether oxygens (including phenoxy) is 1. The Balaban J connectivity index is 1.78. The van der Waals surface area contributed by atoms with Crippen LogP contribution in [0.4, 0.5) is 0 Å². The third kappa shape index (κ3) is 4.35. The van der Waals surface area contributed by atoms with Crippen LogP contribution in [0, 0.1) is 0 Å². The van der Waals surface area contributed by atoms with E-state index in [9.17, 15) is 9.59 Å². The lowest BCUT2D eigenvalue weighted by atomic mass is 10.2. The molecule has 102 valence electrons. The summed E-state index contributed by atoms with van der Waals surface area (Å²) in [6.07, 6.45) is 4.35. The smallest absolute Gasteiger partial charge is 0.338 e. The van der Waals surface area contributed by atoms with Crippen LogP contribution in [0.1, 0.15) is 36.0 Å². The first kappa shape index (κ1) is 14.1. The summed E-state index contributed by atoms with van der Waals surface area (Å²) in [5.41, 5.74) is 0.433. The van der Waals surface area contributed by atoms with E-state index < -0.39 is 5.97 Å². The standard InChI is InChI=1S/C14H16BrNO3/c15-11-5-3-4-10(8-11)14(18)19-9-13(17)16-12-6-1-2-7-12/h3-5,8,12H,1-2,6-7,9H2,(H,16,17). The molecule has 1 aliphatic rings. The zero-order valence-electron chi connectivity index (χ0n) is 10.5. The number of benzene rings is 1. The van der Waals surface area contributed by atoms with Crippen molar-refractivity contribution in [3.63, 3.8) is 0 Å². The molecule has 0 spiro atoms. The molecule has 1 aliphatic carbocycles. The van der Waals surface area contributed by atoms with Crippen LogP contribution in [0.3, 0.4) is 0 Å². The Morgan fingerprint density at radius 3 is 2.74 bits per heavy atom. The second kappa shape index (κ2) is 6.70. The first-order valence-electron chi connectivity index (χ1n) is 6.37. The Hall–Kier alpha value is -1.36. The highest BCUT2D eigenvalue weighted by molar-refractivity contribution is 9.10. The third-order valence-corrected chi connectivity index (χ3v) is 3.61. The van der Waals surface area contributed by atoms with Crippen LogP contribution in [0.25, 0.3) is 0 Å². The van der Waals surface area contributed by atoms with Crippen molar-refractivity contribution in [3.8, 4) is 0 Å². The van der Waals surface area contributed by atoms with Crippen molar-refractivity contribution in [3.05, 3.63) is 34.3 Å². The van der Waals surface area contributed by atoms with Crippen molar-refractivity contribution < 1.29 is 14.3 Å². The highest BCUT2D eigenvalue weighted by atomic mass is 79.9. The second-order valence-electron chi connectivity index (χ2n) is 4.64.